The molecule has 21 heavy (non-hydrogen) atoms. The van der Waals surface area contributed by atoms with Crippen molar-refractivity contribution < 1.29 is 5.11 Å². The van der Waals surface area contributed by atoms with E-state index in [0.717, 1.165) is 18.8 Å². The summed E-state index contributed by atoms with van der Waals surface area (Å²) in [7, 11) is 0. The van der Waals surface area contributed by atoms with Crippen LogP contribution in [0.3, 0.4) is 0 Å². The van der Waals surface area contributed by atoms with E-state index in [4.69, 9.17) is 10.8 Å². The van der Waals surface area contributed by atoms with Crippen LogP contribution in [0.25, 0.3) is 0 Å². The molecule has 0 amide bonds. The van der Waals surface area contributed by atoms with Gasteiger partial charge in [-0.2, -0.15) is 0 Å². The molecule has 0 aliphatic heterocycles. The maximum atomic E-state index is 9.09. The van der Waals surface area contributed by atoms with E-state index in [1.807, 2.05) is 0 Å². The molecule has 0 saturated heterocycles. The number of benzene rings is 1. The molecule has 1 aliphatic carbocycles. The van der Waals surface area contributed by atoms with Gasteiger partial charge < -0.3 is 21.1 Å². The van der Waals surface area contributed by atoms with Crippen LogP contribution in [0.4, 0.5) is 11.4 Å². The van der Waals surface area contributed by atoms with E-state index in [-0.39, 0.29) is 6.61 Å². The largest absolute Gasteiger partial charge is 0.395 e. The van der Waals surface area contributed by atoms with Crippen molar-refractivity contribution in [3.05, 3.63) is 24.3 Å². The average Bonchev–Trinajstić information content (AvgIpc) is 2.54. The normalized spacial score (nSPS) is 22.0. The molecule has 2 rings (SSSR count). The Bertz CT molecular complexity index is 407. The molecule has 0 heterocycles. The van der Waals surface area contributed by atoms with Crippen LogP contribution in [0.5, 0.6) is 0 Å². The maximum absolute atomic E-state index is 9.09. The van der Waals surface area contributed by atoms with Gasteiger partial charge in [-0.05, 0) is 56.5 Å². The second-order valence-electron chi connectivity index (χ2n) is 5.88. The third kappa shape index (κ3) is 4.35. The van der Waals surface area contributed by atoms with Crippen LogP contribution in [0.2, 0.25) is 0 Å². The van der Waals surface area contributed by atoms with Gasteiger partial charge in [-0.3, -0.25) is 0 Å². The molecule has 1 saturated carbocycles. The van der Waals surface area contributed by atoms with E-state index in [1.54, 1.807) is 0 Å². The number of hydrogen-bond donors (Lipinski definition) is 3. The maximum Gasteiger partial charge on any atom is 0.0606 e. The first-order chi connectivity index (χ1) is 10.3. The molecule has 4 N–H and O–H groups in total. The minimum atomic E-state index is 0.189. The highest BCUT2D eigenvalue weighted by atomic mass is 16.3. The summed E-state index contributed by atoms with van der Waals surface area (Å²) >= 11 is 0. The highest BCUT2D eigenvalue weighted by Crippen LogP contribution is 2.27. The summed E-state index contributed by atoms with van der Waals surface area (Å²) in [5, 5.41) is 12.7. The fraction of sp³-hybridized carbons (Fsp3) is 0.647. The second-order valence-corrected chi connectivity index (χ2v) is 5.88. The third-order valence-electron chi connectivity index (χ3n) is 4.55. The summed E-state index contributed by atoms with van der Waals surface area (Å²) in [6, 6.07) is 9.04. The standard InChI is InChI=1S/C17H29N3O/c1-2-20(11-12-21)16-9-7-15(8-10-16)19-17-6-4-3-5-14(17)13-18/h7-10,14,17,19,21H,2-6,11-13,18H2,1H3. The van der Waals surface area contributed by atoms with E-state index >= 15 is 0 Å². The molecule has 2 atom stereocenters. The highest BCUT2D eigenvalue weighted by Gasteiger charge is 2.23. The summed E-state index contributed by atoms with van der Waals surface area (Å²) < 4.78 is 0. The summed E-state index contributed by atoms with van der Waals surface area (Å²) in [5.74, 6) is 0.597. The fourth-order valence-electron chi connectivity index (χ4n) is 3.25. The van der Waals surface area contributed by atoms with Crippen LogP contribution in [0.15, 0.2) is 24.3 Å². The second kappa shape index (κ2) is 8.25. The summed E-state index contributed by atoms with van der Waals surface area (Å²) in [4.78, 5) is 2.17. The molecule has 1 fully saturated rings. The summed E-state index contributed by atoms with van der Waals surface area (Å²) in [6.07, 6.45) is 5.07. The topological polar surface area (TPSA) is 61.5 Å². The Kier molecular flexibility index (Phi) is 6.33. The molecule has 2 unspecified atom stereocenters. The van der Waals surface area contributed by atoms with Gasteiger partial charge in [0.1, 0.15) is 0 Å². The zero-order chi connectivity index (χ0) is 15.1. The minimum Gasteiger partial charge on any atom is -0.395 e. The Balaban J connectivity index is 1.98. The minimum absolute atomic E-state index is 0.189. The van der Waals surface area contributed by atoms with Gasteiger partial charge in [-0.25, -0.2) is 0 Å². The molecule has 1 aliphatic rings. The van der Waals surface area contributed by atoms with Gasteiger partial charge in [-0.1, -0.05) is 12.8 Å². The lowest BCUT2D eigenvalue weighted by Crippen LogP contribution is -2.36. The number of nitrogens with one attached hydrogen (secondary N) is 1. The van der Waals surface area contributed by atoms with Crippen LogP contribution in [0, 0.1) is 5.92 Å². The Hall–Kier alpha value is -1.26. The third-order valence-corrected chi connectivity index (χ3v) is 4.55. The summed E-state index contributed by atoms with van der Waals surface area (Å²) in [6.45, 7) is 4.66. The van der Waals surface area contributed by atoms with Crippen molar-refractivity contribution in [1.29, 1.82) is 0 Å². The molecule has 4 heteroatoms. The molecule has 0 spiro atoms. The molecule has 1 aromatic rings. The van der Waals surface area contributed by atoms with E-state index in [0.29, 0.717) is 18.5 Å². The van der Waals surface area contributed by atoms with E-state index in [9.17, 15) is 0 Å². The smallest absolute Gasteiger partial charge is 0.0606 e. The summed E-state index contributed by atoms with van der Waals surface area (Å²) in [5.41, 5.74) is 8.23. The molecular weight excluding hydrogens is 262 g/mol. The number of rotatable bonds is 7. The van der Waals surface area contributed by atoms with Crippen molar-refractivity contribution in [2.45, 2.75) is 38.6 Å². The van der Waals surface area contributed by atoms with Crippen LogP contribution in [-0.4, -0.2) is 37.4 Å². The molecule has 0 aromatic heterocycles. The van der Waals surface area contributed by atoms with E-state index in [1.165, 1.54) is 31.4 Å². The first-order valence-electron chi connectivity index (χ1n) is 8.21. The Morgan fingerprint density at radius 1 is 1.24 bits per heavy atom. The van der Waals surface area contributed by atoms with Gasteiger partial charge in [0.25, 0.3) is 0 Å². The van der Waals surface area contributed by atoms with Crippen molar-refractivity contribution in [2.24, 2.45) is 11.7 Å². The van der Waals surface area contributed by atoms with Crippen LogP contribution >= 0.6 is 0 Å². The van der Waals surface area contributed by atoms with Crippen LogP contribution < -0.4 is 16.0 Å². The molecule has 1 aromatic carbocycles. The monoisotopic (exact) mass is 291 g/mol. The molecule has 4 nitrogen and oxygen atoms in total. The zero-order valence-corrected chi connectivity index (χ0v) is 13.1. The van der Waals surface area contributed by atoms with Crippen molar-refractivity contribution >= 4 is 11.4 Å². The number of likely N-dealkylation sites (N-methyl/N-ethyl adjacent to an activating group) is 1. The molecular formula is C17H29N3O. The van der Waals surface area contributed by atoms with Crippen LogP contribution in [0.1, 0.15) is 32.6 Å². The number of nitrogens with zero attached hydrogens (tertiary/aromatic N) is 1. The Labute approximate surface area is 128 Å². The number of hydrogen-bond acceptors (Lipinski definition) is 4. The Morgan fingerprint density at radius 3 is 2.57 bits per heavy atom. The predicted octanol–water partition coefficient (Wildman–Crippen LogP) is 2.43. The molecule has 118 valence electrons. The first-order valence-corrected chi connectivity index (χ1v) is 8.21. The zero-order valence-electron chi connectivity index (χ0n) is 13.1. The number of aliphatic hydroxyl groups is 1. The lowest BCUT2D eigenvalue weighted by molar-refractivity contribution is 0.302. The van der Waals surface area contributed by atoms with Gasteiger partial charge in [-0.15, -0.1) is 0 Å². The highest BCUT2D eigenvalue weighted by molar-refractivity contribution is 5.55. The van der Waals surface area contributed by atoms with E-state index in [2.05, 4.69) is 41.4 Å². The first kappa shape index (κ1) is 16.1. The molecule has 0 bridgehead atoms. The van der Waals surface area contributed by atoms with Gasteiger partial charge in [0.05, 0.1) is 6.61 Å². The number of anilines is 2. The SMILES string of the molecule is CCN(CCO)c1ccc(NC2CCCCC2CN)cc1. The van der Waals surface area contributed by atoms with Crippen molar-refractivity contribution in [3.63, 3.8) is 0 Å². The average molecular weight is 291 g/mol. The lowest BCUT2D eigenvalue weighted by atomic mass is 9.84. The van der Waals surface area contributed by atoms with Gasteiger partial charge >= 0.3 is 0 Å². The number of nitrogens with two attached hydrogens (primary N) is 1. The van der Waals surface area contributed by atoms with Gasteiger partial charge in [0.15, 0.2) is 0 Å². The van der Waals surface area contributed by atoms with Crippen molar-refractivity contribution in [2.75, 3.05) is 36.5 Å². The molecule has 0 radical (unpaired) electrons. The fourth-order valence-corrected chi connectivity index (χ4v) is 3.25. The Morgan fingerprint density at radius 2 is 1.95 bits per heavy atom. The quantitative estimate of drug-likeness (QED) is 0.722. The van der Waals surface area contributed by atoms with E-state index < -0.39 is 0 Å². The van der Waals surface area contributed by atoms with Crippen molar-refractivity contribution in [1.82, 2.24) is 0 Å². The van der Waals surface area contributed by atoms with Gasteiger partial charge in [0.2, 0.25) is 0 Å². The van der Waals surface area contributed by atoms with Crippen molar-refractivity contribution in [3.8, 4) is 0 Å². The lowest BCUT2D eigenvalue weighted by Gasteiger charge is -2.32. The van der Waals surface area contributed by atoms with Crippen LogP contribution in [-0.2, 0) is 0 Å². The van der Waals surface area contributed by atoms with Gasteiger partial charge in [0, 0.05) is 30.5 Å². The predicted molar refractivity (Wildman–Crippen MR) is 89.8 cm³/mol. The number of aliphatic hydroxyl groups excluding tert-OH is 1.